The minimum Gasteiger partial charge on any atom is -0.437 e. The highest BCUT2D eigenvalue weighted by Gasteiger charge is 2.22. The maximum absolute atomic E-state index is 12.0. The molecule has 7 heteroatoms. The molecule has 2 rings (SSSR count). The lowest BCUT2D eigenvalue weighted by Gasteiger charge is -2.31. The van der Waals surface area contributed by atoms with Gasteiger partial charge in [0.15, 0.2) is 11.0 Å². The van der Waals surface area contributed by atoms with Gasteiger partial charge in [0.25, 0.3) is 0 Å². The van der Waals surface area contributed by atoms with Gasteiger partial charge >= 0.3 is 6.03 Å². The second-order valence-corrected chi connectivity index (χ2v) is 8.34. The van der Waals surface area contributed by atoms with E-state index in [4.69, 9.17) is 4.74 Å². The van der Waals surface area contributed by atoms with E-state index in [1.54, 1.807) is 0 Å². The summed E-state index contributed by atoms with van der Waals surface area (Å²) in [4.78, 5) is 23.0. The van der Waals surface area contributed by atoms with Crippen LogP contribution in [0.2, 0.25) is 0 Å². The Kier molecular flexibility index (Phi) is 10.0. The van der Waals surface area contributed by atoms with Crippen LogP contribution in [0, 0.1) is 5.92 Å². The standard InChI is InChI=1S/C22H34N4O2S/c1-5-12-23-22(27)26-13-10-20(11-14-26)16-24-17(3)28-18(4)29-21-9-7-8-19(6-2)15-25-21/h8-9,15,20H,4-7,10-14,16H2,1-3H3,(H,23,27). The normalized spacial score (nSPS) is 18.0. The van der Waals surface area contributed by atoms with E-state index >= 15 is 0 Å². The van der Waals surface area contributed by atoms with Gasteiger partial charge in [-0.15, -0.1) is 0 Å². The van der Waals surface area contributed by atoms with Gasteiger partial charge < -0.3 is 15.0 Å². The number of urea groups is 1. The van der Waals surface area contributed by atoms with E-state index in [1.807, 2.05) is 18.0 Å². The molecular weight excluding hydrogens is 384 g/mol. The number of likely N-dealkylation sites (tertiary alicyclic amines) is 1. The lowest BCUT2D eigenvalue weighted by Crippen LogP contribution is -2.45. The minimum absolute atomic E-state index is 0.0540. The molecular formula is C22H34N4O2S. The molecule has 1 fully saturated rings. The number of rotatable bonds is 8. The largest absolute Gasteiger partial charge is 0.437 e. The Morgan fingerprint density at radius 2 is 2.14 bits per heavy atom. The van der Waals surface area contributed by atoms with Crippen LogP contribution in [0.1, 0.15) is 52.9 Å². The molecule has 0 aliphatic carbocycles. The van der Waals surface area contributed by atoms with Gasteiger partial charge in [-0.2, -0.15) is 0 Å². The quantitative estimate of drug-likeness (QED) is 0.338. The van der Waals surface area contributed by atoms with E-state index < -0.39 is 0 Å². The Morgan fingerprint density at radius 1 is 1.38 bits per heavy atom. The molecule has 2 amide bonds. The highest BCUT2D eigenvalue weighted by Crippen LogP contribution is 2.28. The molecule has 2 aliphatic rings. The summed E-state index contributed by atoms with van der Waals surface area (Å²) in [7, 11) is 0. The predicted octanol–water partition coefficient (Wildman–Crippen LogP) is 5.11. The molecule has 0 aromatic heterocycles. The van der Waals surface area contributed by atoms with E-state index in [2.05, 4.69) is 47.9 Å². The van der Waals surface area contributed by atoms with Gasteiger partial charge in [-0.3, -0.25) is 4.99 Å². The second-order valence-electron chi connectivity index (χ2n) is 7.27. The molecule has 0 atom stereocenters. The molecule has 2 heterocycles. The van der Waals surface area contributed by atoms with Crippen molar-refractivity contribution >= 4 is 29.9 Å². The smallest absolute Gasteiger partial charge is 0.317 e. The fourth-order valence-electron chi connectivity index (χ4n) is 3.12. The van der Waals surface area contributed by atoms with Crippen molar-refractivity contribution in [1.82, 2.24) is 10.2 Å². The number of allylic oxidation sites excluding steroid dienone is 3. The molecule has 0 radical (unpaired) electrons. The first kappa shape index (κ1) is 23.3. The number of aliphatic imine (C=N–C) groups is 2. The number of piperidine rings is 1. The average Bonchev–Trinajstić information content (AvgIpc) is 2.95. The Morgan fingerprint density at radius 3 is 2.83 bits per heavy atom. The van der Waals surface area contributed by atoms with E-state index in [0.717, 1.165) is 63.3 Å². The van der Waals surface area contributed by atoms with Crippen molar-refractivity contribution in [3.05, 3.63) is 34.4 Å². The van der Waals surface area contributed by atoms with Crippen LogP contribution < -0.4 is 5.32 Å². The van der Waals surface area contributed by atoms with Gasteiger partial charge in [0.1, 0.15) is 0 Å². The number of nitrogens with zero attached hydrogens (tertiary/aromatic N) is 3. The van der Waals surface area contributed by atoms with Crippen LogP contribution in [-0.4, -0.2) is 49.2 Å². The highest BCUT2D eigenvalue weighted by atomic mass is 32.2. The summed E-state index contributed by atoms with van der Waals surface area (Å²) in [5.41, 5.74) is 1.25. The van der Waals surface area contributed by atoms with Crippen molar-refractivity contribution in [2.75, 3.05) is 26.2 Å². The van der Waals surface area contributed by atoms with Gasteiger partial charge in [0.2, 0.25) is 0 Å². The summed E-state index contributed by atoms with van der Waals surface area (Å²) < 4.78 is 5.75. The van der Waals surface area contributed by atoms with Crippen molar-refractivity contribution in [3.8, 4) is 0 Å². The zero-order valence-corrected chi connectivity index (χ0v) is 18.8. The van der Waals surface area contributed by atoms with Gasteiger partial charge in [-0.25, -0.2) is 9.79 Å². The minimum atomic E-state index is 0.0540. The van der Waals surface area contributed by atoms with Gasteiger partial charge in [-0.05, 0) is 68.0 Å². The number of amides is 2. The van der Waals surface area contributed by atoms with E-state index in [1.165, 1.54) is 17.3 Å². The summed E-state index contributed by atoms with van der Waals surface area (Å²) in [5, 5.41) is 4.42. The zero-order chi connectivity index (χ0) is 21.1. The van der Waals surface area contributed by atoms with Crippen LogP contribution in [0.15, 0.2) is 44.4 Å². The summed E-state index contributed by atoms with van der Waals surface area (Å²) in [6.45, 7) is 13.1. The van der Waals surface area contributed by atoms with Crippen LogP contribution in [-0.2, 0) is 4.74 Å². The Hall–Kier alpha value is -2.02. The van der Waals surface area contributed by atoms with Crippen LogP contribution in [0.5, 0.6) is 0 Å². The number of nitrogens with one attached hydrogen (secondary N) is 1. The third kappa shape index (κ3) is 8.48. The van der Waals surface area contributed by atoms with E-state index in [-0.39, 0.29) is 6.03 Å². The molecule has 1 N–H and O–H groups in total. The molecule has 2 aliphatic heterocycles. The molecule has 0 aromatic rings. The summed E-state index contributed by atoms with van der Waals surface area (Å²) >= 11 is 1.43. The molecule has 0 unspecified atom stereocenters. The molecule has 29 heavy (non-hydrogen) atoms. The van der Waals surface area contributed by atoms with Crippen LogP contribution in [0.3, 0.4) is 0 Å². The molecule has 1 saturated heterocycles. The fraction of sp³-hybridized carbons (Fsp3) is 0.591. The Bertz CT molecular complexity index is 689. The van der Waals surface area contributed by atoms with Crippen molar-refractivity contribution < 1.29 is 9.53 Å². The number of hydrogen-bond donors (Lipinski definition) is 1. The second kappa shape index (κ2) is 12.5. The van der Waals surface area contributed by atoms with Crippen LogP contribution in [0.25, 0.3) is 0 Å². The number of carbonyl (C=O) groups is 1. The number of hydrogen-bond acceptors (Lipinski definition) is 5. The van der Waals surface area contributed by atoms with Gasteiger partial charge in [0.05, 0.1) is 5.03 Å². The van der Waals surface area contributed by atoms with E-state index in [0.29, 0.717) is 16.9 Å². The molecule has 160 valence electrons. The molecule has 6 nitrogen and oxygen atoms in total. The third-order valence-corrected chi connectivity index (χ3v) is 5.71. The highest BCUT2D eigenvalue weighted by molar-refractivity contribution is 8.06. The first-order valence-electron chi connectivity index (χ1n) is 10.5. The molecule has 0 aromatic carbocycles. The average molecular weight is 419 g/mol. The maximum Gasteiger partial charge on any atom is 0.317 e. The predicted molar refractivity (Wildman–Crippen MR) is 123 cm³/mol. The van der Waals surface area contributed by atoms with Crippen molar-refractivity contribution in [1.29, 1.82) is 0 Å². The van der Waals surface area contributed by atoms with Gasteiger partial charge in [0, 0.05) is 39.3 Å². The number of carbonyl (C=O) groups excluding carboxylic acids is 1. The maximum atomic E-state index is 12.0. The zero-order valence-electron chi connectivity index (χ0n) is 17.9. The third-order valence-electron chi connectivity index (χ3n) is 4.92. The van der Waals surface area contributed by atoms with Crippen molar-refractivity contribution in [2.45, 2.75) is 52.9 Å². The molecule has 0 spiro atoms. The van der Waals surface area contributed by atoms with Crippen LogP contribution >= 0.6 is 11.8 Å². The van der Waals surface area contributed by atoms with Gasteiger partial charge in [-0.1, -0.05) is 19.9 Å². The topological polar surface area (TPSA) is 66.3 Å². The molecule has 0 saturated carbocycles. The first-order valence-corrected chi connectivity index (χ1v) is 11.3. The molecule has 0 bridgehead atoms. The lowest BCUT2D eigenvalue weighted by molar-refractivity contribution is 0.172. The van der Waals surface area contributed by atoms with Crippen LogP contribution in [0.4, 0.5) is 4.79 Å². The summed E-state index contributed by atoms with van der Waals surface area (Å²) in [6, 6.07) is 0.0540. The number of ether oxygens (including phenoxy) is 1. The Balaban J connectivity index is 1.70. The summed E-state index contributed by atoms with van der Waals surface area (Å²) in [5.74, 6) is 1.11. The van der Waals surface area contributed by atoms with E-state index in [9.17, 15) is 4.79 Å². The Labute approximate surface area is 179 Å². The first-order chi connectivity index (χ1) is 14.0. The van der Waals surface area contributed by atoms with Crippen molar-refractivity contribution in [2.24, 2.45) is 15.9 Å². The SMILES string of the molecule is C=C(OC(C)=NCC1CCN(C(=O)NCCC)CC1)SC1=CCC=C(CC)C=N1. The van der Waals surface area contributed by atoms with Crippen molar-refractivity contribution in [3.63, 3.8) is 0 Å². The fourth-order valence-corrected chi connectivity index (χ4v) is 3.80. The summed E-state index contributed by atoms with van der Waals surface area (Å²) in [6.07, 6.45) is 10.9. The lowest BCUT2D eigenvalue weighted by atomic mass is 9.97. The number of thioether (sulfide) groups is 1. The monoisotopic (exact) mass is 418 g/mol.